The zero-order chi connectivity index (χ0) is 23.0. The highest BCUT2D eigenvalue weighted by atomic mass is 16.3. The van der Waals surface area contributed by atoms with E-state index in [9.17, 15) is 9.59 Å². The van der Waals surface area contributed by atoms with Gasteiger partial charge in [0.1, 0.15) is 11.5 Å². The van der Waals surface area contributed by atoms with Crippen molar-refractivity contribution in [2.24, 2.45) is 5.41 Å². The summed E-state index contributed by atoms with van der Waals surface area (Å²) in [7, 11) is 0. The molecular weight excluding hydrogens is 412 g/mol. The smallest absolute Gasteiger partial charge is 0.223 e. The Morgan fingerprint density at radius 3 is 2.94 bits per heavy atom. The van der Waals surface area contributed by atoms with Crippen LogP contribution >= 0.6 is 0 Å². The molecule has 2 amide bonds. The highest BCUT2D eigenvalue weighted by molar-refractivity contribution is 5.79. The molecule has 4 atom stereocenters. The first-order valence-corrected chi connectivity index (χ1v) is 12.7. The lowest BCUT2D eigenvalue weighted by molar-refractivity contribution is -0.138. The molecule has 5 heteroatoms. The number of piperidine rings is 1. The number of rotatable bonds is 7. The second kappa shape index (κ2) is 9.00. The van der Waals surface area contributed by atoms with E-state index >= 15 is 0 Å². The zero-order valence-electron chi connectivity index (χ0n) is 19.6. The van der Waals surface area contributed by atoms with Crippen LogP contribution < -0.4 is 0 Å². The van der Waals surface area contributed by atoms with E-state index in [0.717, 1.165) is 76.0 Å². The first-order chi connectivity index (χ1) is 16.1. The van der Waals surface area contributed by atoms with Crippen molar-refractivity contribution in [2.45, 2.75) is 82.2 Å². The number of fused-ring (bicyclic) bond motifs is 5. The van der Waals surface area contributed by atoms with Crippen LogP contribution in [0.15, 0.2) is 47.9 Å². The van der Waals surface area contributed by atoms with Gasteiger partial charge in [0.15, 0.2) is 0 Å². The summed E-state index contributed by atoms with van der Waals surface area (Å²) >= 11 is 0. The lowest BCUT2D eigenvalue weighted by Crippen LogP contribution is -2.50. The molecule has 4 aliphatic rings. The van der Waals surface area contributed by atoms with Crippen molar-refractivity contribution < 1.29 is 14.0 Å². The van der Waals surface area contributed by atoms with Gasteiger partial charge in [-0.1, -0.05) is 24.3 Å². The van der Waals surface area contributed by atoms with Crippen molar-refractivity contribution in [1.82, 2.24) is 9.80 Å². The van der Waals surface area contributed by atoms with Gasteiger partial charge in [-0.3, -0.25) is 9.59 Å². The highest BCUT2D eigenvalue weighted by Crippen LogP contribution is 2.67. The Labute approximate surface area is 197 Å². The number of hydrogen-bond acceptors (Lipinski definition) is 3. The van der Waals surface area contributed by atoms with Crippen LogP contribution in [0.5, 0.6) is 0 Å². The summed E-state index contributed by atoms with van der Waals surface area (Å²) in [6.45, 7) is 9.13. The quantitative estimate of drug-likeness (QED) is 0.412. The molecule has 0 radical (unpaired) electrons. The lowest BCUT2D eigenvalue weighted by atomic mass is 9.68. The third-order valence-electron chi connectivity index (χ3n) is 8.26. The molecule has 3 aliphatic heterocycles. The summed E-state index contributed by atoms with van der Waals surface area (Å²) in [6, 6.07) is 2.26. The van der Waals surface area contributed by atoms with Crippen LogP contribution in [0.1, 0.15) is 86.8 Å². The standard InChI is InChI=1S/C28H36N2O3/c1-3-5-8-13-24(31)29-16-15-23-22-17-21(12-6-4-2)33-26(22)27-28(23,19-29)18-20-11-9-7-10-14-25(32)30(20)27/h3-4,9,11,17,20,23,27H,1-2,5-8,10,12-16,18-19H2/b11-9-/t20-,23-,27-,28-/m0/s1. The number of carbonyl (C=O) groups excluding carboxylic acids is 2. The number of carbonyl (C=O) groups is 2. The van der Waals surface area contributed by atoms with Crippen molar-refractivity contribution in [1.29, 1.82) is 0 Å². The van der Waals surface area contributed by atoms with Gasteiger partial charge in [-0.25, -0.2) is 0 Å². The second-order valence-electron chi connectivity index (χ2n) is 10.2. The van der Waals surface area contributed by atoms with E-state index < -0.39 is 0 Å². The average Bonchev–Trinajstić information content (AvgIpc) is 3.41. The molecule has 2 fully saturated rings. The van der Waals surface area contributed by atoms with Crippen molar-refractivity contribution in [3.63, 3.8) is 0 Å². The number of likely N-dealkylation sites (tertiary alicyclic amines) is 1. The topological polar surface area (TPSA) is 53.8 Å². The monoisotopic (exact) mass is 448 g/mol. The maximum Gasteiger partial charge on any atom is 0.223 e. The second-order valence-corrected chi connectivity index (χ2v) is 10.2. The molecule has 4 heterocycles. The predicted molar refractivity (Wildman–Crippen MR) is 129 cm³/mol. The molecule has 1 spiro atoms. The van der Waals surface area contributed by atoms with Crippen LogP contribution in [0, 0.1) is 5.41 Å². The molecule has 5 nitrogen and oxygen atoms in total. The molecular formula is C28H36N2O3. The number of nitrogens with zero attached hydrogens (tertiary/aromatic N) is 2. The molecule has 1 aromatic rings. The molecule has 0 unspecified atom stereocenters. The number of unbranched alkanes of at least 4 members (excludes halogenated alkanes) is 1. The third-order valence-corrected chi connectivity index (χ3v) is 8.26. The van der Waals surface area contributed by atoms with Gasteiger partial charge in [0.2, 0.25) is 11.8 Å². The molecule has 1 aliphatic carbocycles. The minimum atomic E-state index is -0.146. The molecule has 0 aromatic carbocycles. The largest absolute Gasteiger partial charge is 0.464 e. The van der Waals surface area contributed by atoms with Crippen LogP contribution in [-0.4, -0.2) is 40.7 Å². The van der Waals surface area contributed by atoms with E-state index in [1.807, 2.05) is 12.2 Å². The van der Waals surface area contributed by atoms with Gasteiger partial charge in [-0.15, -0.1) is 13.2 Å². The van der Waals surface area contributed by atoms with Gasteiger partial charge in [-0.05, 0) is 62.5 Å². The normalized spacial score (nSPS) is 31.2. The van der Waals surface area contributed by atoms with Gasteiger partial charge in [-0.2, -0.15) is 0 Å². The van der Waals surface area contributed by atoms with Crippen LogP contribution in [0.2, 0.25) is 0 Å². The highest BCUT2D eigenvalue weighted by Gasteiger charge is 2.65. The Hall–Kier alpha value is -2.56. The summed E-state index contributed by atoms with van der Waals surface area (Å²) in [5, 5.41) is 0. The molecule has 1 aromatic heterocycles. The van der Waals surface area contributed by atoms with Gasteiger partial charge < -0.3 is 14.2 Å². The van der Waals surface area contributed by atoms with Crippen LogP contribution in [0.3, 0.4) is 0 Å². The minimum absolute atomic E-state index is 0.0704. The zero-order valence-corrected chi connectivity index (χ0v) is 19.6. The van der Waals surface area contributed by atoms with Crippen LogP contribution in [-0.2, 0) is 16.0 Å². The van der Waals surface area contributed by atoms with E-state index in [2.05, 4.69) is 41.2 Å². The van der Waals surface area contributed by atoms with Crippen molar-refractivity contribution >= 4 is 11.8 Å². The fraction of sp³-hybridized carbons (Fsp3) is 0.571. The first-order valence-electron chi connectivity index (χ1n) is 12.7. The summed E-state index contributed by atoms with van der Waals surface area (Å²) < 4.78 is 6.49. The van der Waals surface area contributed by atoms with Crippen LogP contribution in [0.25, 0.3) is 0 Å². The minimum Gasteiger partial charge on any atom is -0.464 e. The van der Waals surface area contributed by atoms with E-state index in [1.54, 1.807) is 0 Å². The first kappa shape index (κ1) is 22.2. The number of allylic oxidation sites excluding steroid dienone is 3. The molecule has 0 saturated carbocycles. The third kappa shape index (κ3) is 3.70. The van der Waals surface area contributed by atoms with E-state index in [0.29, 0.717) is 18.8 Å². The maximum absolute atomic E-state index is 13.4. The molecule has 0 bridgehead atoms. The molecule has 0 N–H and O–H groups in total. The Bertz CT molecular complexity index is 976. The van der Waals surface area contributed by atoms with Crippen LogP contribution in [0.4, 0.5) is 0 Å². The molecule has 5 rings (SSSR count). The fourth-order valence-corrected chi connectivity index (χ4v) is 6.86. The maximum atomic E-state index is 13.4. The lowest BCUT2D eigenvalue weighted by Gasteiger charge is -2.45. The summed E-state index contributed by atoms with van der Waals surface area (Å²) in [5.74, 6) is 2.79. The fourth-order valence-electron chi connectivity index (χ4n) is 6.86. The van der Waals surface area contributed by atoms with E-state index in [-0.39, 0.29) is 29.3 Å². The van der Waals surface area contributed by atoms with Gasteiger partial charge in [0.05, 0.1) is 12.1 Å². The van der Waals surface area contributed by atoms with Crippen molar-refractivity contribution in [3.05, 3.63) is 60.6 Å². The van der Waals surface area contributed by atoms with Crippen molar-refractivity contribution in [2.75, 3.05) is 13.1 Å². The molecule has 33 heavy (non-hydrogen) atoms. The summed E-state index contributed by atoms with van der Waals surface area (Å²) in [4.78, 5) is 30.7. The number of amides is 2. The summed E-state index contributed by atoms with van der Waals surface area (Å²) in [5.41, 5.74) is 1.14. The molecule has 2 saturated heterocycles. The summed E-state index contributed by atoms with van der Waals surface area (Å²) in [6.07, 6.45) is 16.6. The van der Waals surface area contributed by atoms with Gasteiger partial charge >= 0.3 is 0 Å². The Morgan fingerprint density at radius 2 is 2.12 bits per heavy atom. The average molecular weight is 449 g/mol. The van der Waals surface area contributed by atoms with E-state index in [4.69, 9.17) is 4.42 Å². The van der Waals surface area contributed by atoms with Gasteiger partial charge in [0.25, 0.3) is 0 Å². The Morgan fingerprint density at radius 1 is 1.27 bits per heavy atom. The molecule has 176 valence electrons. The number of aryl methyl sites for hydroxylation is 1. The van der Waals surface area contributed by atoms with E-state index in [1.165, 1.54) is 5.56 Å². The SMILES string of the molecule is C=CCCCC(=O)N1CC[C@H]2c3cc(CCC=C)oc3[C@@H]3N4C(=O)CCC/C=C\[C@H]4C[C@@]32C1. The number of hydrogen-bond donors (Lipinski definition) is 0. The van der Waals surface area contributed by atoms with Crippen molar-refractivity contribution in [3.8, 4) is 0 Å². The predicted octanol–water partition coefficient (Wildman–Crippen LogP) is 5.45. The Balaban J connectivity index is 1.51. The number of furan rings is 1. The van der Waals surface area contributed by atoms with Gasteiger partial charge in [0, 0.05) is 37.8 Å². The Kier molecular flexibility index (Phi) is 6.07.